The van der Waals surface area contributed by atoms with Crippen molar-refractivity contribution in [2.45, 2.75) is 12.6 Å². The van der Waals surface area contributed by atoms with Gasteiger partial charge in [0.05, 0.1) is 16.8 Å². The molecule has 3 aromatic rings. The number of aromatic nitrogens is 4. The van der Waals surface area contributed by atoms with Gasteiger partial charge >= 0.3 is 6.18 Å². The van der Waals surface area contributed by atoms with Crippen LogP contribution in [0.5, 0.6) is 0 Å². The van der Waals surface area contributed by atoms with E-state index in [4.69, 9.17) is 0 Å². The molecule has 0 spiro atoms. The summed E-state index contributed by atoms with van der Waals surface area (Å²) in [4.78, 5) is 21.4. The van der Waals surface area contributed by atoms with Crippen LogP contribution in [-0.2, 0) is 4.79 Å². The highest BCUT2D eigenvalue weighted by Gasteiger charge is 2.33. The molecule has 1 aliphatic heterocycles. The summed E-state index contributed by atoms with van der Waals surface area (Å²) in [6.45, 7) is -0.469. The first-order chi connectivity index (χ1) is 12.4. The Kier molecular flexibility index (Phi) is 3.89. The van der Waals surface area contributed by atoms with Gasteiger partial charge in [0.15, 0.2) is 5.65 Å². The lowest BCUT2D eigenvalue weighted by Gasteiger charge is -2.19. The fourth-order valence-corrected chi connectivity index (χ4v) is 3.27. The van der Waals surface area contributed by atoms with Gasteiger partial charge in [-0.15, -0.1) is 10.2 Å². The first-order valence-corrected chi connectivity index (χ1v) is 8.10. The lowest BCUT2D eigenvalue weighted by Crippen LogP contribution is -2.38. The minimum Gasteiger partial charge on any atom is -0.355 e. The van der Waals surface area contributed by atoms with Crippen molar-refractivity contribution in [2.75, 3.05) is 24.5 Å². The van der Waals surface area contributed by atoms with Gasteiger partial charge < -0.3 is 15.2 Å². The quantitative estimate of drug-likeness (QED) is 0.742. The number of halogens is 3. The zero-order valence-electron chi connectivity index (χ0n) is 13.5. The molecular weight excluding hydrogens is 349 g/mol. The van der Waals surface area contributed by atoms with Crippen LogP contribution in [0.25, 0.3) is 21.9 Å². The van der Waals surface area contributed by atoms with E-state index in [1.807, 2.05) is 16.3 Å². The number of anilines is 1. The van der Waals surface area contributed by atoms with E-state index < -0.39 is 24.5 Å². The summed E-state index contributed by atoms with van der Waals surface area (Å²) < 4.78 is 36.9. The molecule has 26 heavy (non-hydrogen) atoms. The van der Waals surface area contributed by atoms with Gasteiger partial charge in [0.1, 0.15) is 12.4 Å². The smallest absolute Gasteiger partial charge is 0.355 e. The number of nitrogens with one attached hydrogen (secondary N) is 2. The number of hydrogen-bond donors (Lipinski definition) is 2. The van der Waals surface area contributed by atoms with Crippen LogP contribution in [0.3, 0.4) is 0 Å². The number of hydrogen-bond acceptors (Lipinski definition) is 5. The van der Waals surface area contributed by atoms with E-state index in [1.54, 1.807) is 18.5 Å². The Bertz CT molecular complexity index is 969. The van der Waals surface area contributed by atoms with Crippen molar-refractivity contribution in [3.63, 3.8) is 0 Å². The summed E-state index contributed by atoms with van der Waals surface area (Å²) in [6.07, 6.45) is -0.574. The molecular formula is C16H15F3N6O. The highest BCUT2D eigenvalue weighted by molar-refractivity contribution is 6.08. The molecule has 7 nitrogen and oxygen atoms in total. The molecule has 10 heteroatoms. The Morgan fingerprint density at radius 2 is 2.19 bits per heavy atom. The van der Waals surface area contributed by atoms with Crippen LogP contribution in [0.2, 0.25) is 0 Å². The van der Waals surface area contributed by atoms with Crippen LogP contribution in [0, 0.1) is 5.92 Å². The number of rotatable bonds is 3. The van der Waals surface area contributed by atoms with E-state index in [9.17, 15) is 18.0 Å². The second kappa shape index (κ2) is 6.11. The normalized spacial score (nSPS) is 18.0. The van der Waals surface area contributed by atoms with Gasteiger partial charge in [-0.05, 0) is 18.6 Å². The molecule has 1 aliphatic rings. The molecule has 4 rings (SSSR count). The minimum absolute atomic E-state index is 0.310. The third-order valence-corrected chi connectivity index (χ3v) is 4.48. The largest absolute Gasteiger partial charge is 0.405 e. The minimum atomic E-state index is -4.41. The molecule has 1 amide bonds. The number of nitrogens with zero attached hydrogens (tertiary/aromatic N) is 4. The Morgan fingerprint density at radius 3 is 3.00 bits per heavy atom. The molecule has 0 aromatic carbocycles. The standard InChI is InChI=1S/C16H15F3N6O/c17-16(18,19)8-22-15(26)9-3-6-25(7-9)14-12-10-1-4-20-13(10)24-23-11(12)2-5-21-14/h1-2,4-5,9H,3,6-8H2,(H,20,24)(H,22,26). The van der Waals surface area contributed by atoms with E-state index >= 15 is 0 Å². The highest BCUT2D eigenvalue weighted by Crippen LogP contribution is 2.32. The lowest BCUT2D eigenvalue weighted by molar-refractivity contribution is -0.140. The zero-order chi connectivity index (χ0) is 18.3. The second-order valence-electron chi connectivity index (χ2n) is 6.23. The predicted molar refractivity (Wildman–Crippen MR) is 88.6 cm³/mol. The summed E-state index contributed by atoms with van der Waals surface area (Å²) in [5, 5.41) is 11.9. The molecule has 1 atom stereocenters. The Hall–Kier alpha value is -2.91. The van der Waals surface area contributed by atoms with Gasteiger partial charge in [-0.1, -0.05) is 0 Å². The fourth-order valence-electron chi connectivity index (χ4n) is 3.27. The highest BCUT2D eigenvalue weighted by atomic mass is 19.4. The maximum absolute atomic E-state index is 12.3. The predicted octanol–water partition coefficient (Wildman–Crippen LogP) is 2.01. The van der Waals surface area contributed by atoms with Crippen molar-refractivity contribution < 1.29 is 18.0 Å². The van der Waals surface area contributed by atoms with Gasteiger partial charge in [-0.3, -0.25) is 4.79 Å². The summed E-state index contributed by atoms with van der Waals surface area (Å²) in [6, 6.07) is 3.63. The average molecular weight is 364 g/mol. The number of aromatic amines is 1. The molecule has 136 valence electrons. The maximum Gasteiger partial charge on any atom is 0.405 e. The molecule has 4 heterocycles. The molecule has 2 N–H and O–H groups in total. The first-order valence-electron chi connectivity index (χ1n) is 8.10. The topological polar surface area (TPSA) is 86.8 Å². The third kappa shape index (κ3) is 3.02. The van der Waals surface area contributed by atoms with Crippen molar-refractivity contribution in [1.82, 2.24) is 25.5 Å². The van der Waals surface area contributed by atoms with Gasteiger partial charge in [0.25, 0.3) is 0 Å². The van der Waals surface area contributed by atoms with Gasteiger partial charge in [0.2, 0.25) is 5.91 Å². The summed E-state index contributed by atoms with van der Waals surface area (Å²) in [7, 11) is 0. The second-order valence-corrected chi connectivity index (χ2v) is 6.23. The van der Waals surface area contributed by atoms with Crippen molar-refractivity contribution in [2.24, 2.45) is 5.92 Å². The van der Waals surface area contributed by atoms with Gasteiger partial charge in [-0.2, -0.15) is 13.2 Å². The molecule has 1 fully saturated rings. The summed E-state index contributed by atoms with van der Waals surface area (Å²) in [5.41, 5.74) is 1.30. The van der Waals surface area contributed by atoms with E-state index in [-0.39, 0.29) is 0 Å². The van der Waals surface area contributed by atoms with Crippen molar-refractivity contribution in [3.05, 3.63) is 24.5 Å². The molecule has 1 saturated heterocycles. The van der Waals surface area contributed by atoms with E-state index in [2.05, 4.69) is 20.2 Å². The number of carbonyl (C=O) groups is 1. The molecule has 3 aromatic heterocycles. The van der Waals surface area contributed by atoms with E-state index in [1.165, 1.54) is 0 Å². The summed E-state index contributed by atoms with van der Waals surface area (Å²) >= 11 is 0. The van der Waals surface area contributed by atoms with Gasteiger partial charge in [0, 0.05) is 30.9 Å². The monoisotopic (exact) mass is 364 g/mol. The van der Waals surface area contributed by atoms with Crippen LogP contribution in [0.1, 0.15) is 6.42 Å². The molecule has 0 radical (unpaired) electrons. The van der Waals surface area contributed by atoms with Crippen molar-refractivity contribution >= 4 is 33.7 Å². The van der Waals surface area contributed by atoms with Crippen LogP contribution in [0.4, 0.5) is 19.0 Å². The SMILES string of the molecule is O=C(NCC(F)(F)F)C1CCN(c2nccc3nnc4[nH]ccc4c23)C1. The summed E-state index contributed by atoms with van der Waals surface area (Å²) in [5.74, 6) is -0.435. The molecule has 0 aliphatic carbocycles. The molecule has 1 unspecified atom stereocenters. The number of H-pyrrole nitrogens is 1. The lowest BCUT2D eigenvalue weighted by atomic mass is 10.1. The van der Waals surface area contributed by atoms with E-state index in [0.29, 0.717) is 36.5 Å². The fraction of sp³-hybridized carbons (Fsp3) is 0.375. The zero-order valence-corrected chi connectivity index (χ0v) is 13.5. The van der Waals surface area contributed by atoms with E-state index in [0.717, 1.165) is 10.8 Å². The Labute approximate surface area is 145 Å². The van der Waals surface area contributed by atoms with Crippen LogP contribution in [-0.4, -0.2) is 51.9 Å². The first kappa shape index (κ1) is 16.6. The maximum atomic E-state index is 12.3. The van der Waals surface area contributed by atoms with Crippen LogP contribution < -0.4 is 10.2 Å². The Balaban J connectivity index is 1.59. The number of pyridine rings is 1. The Morgan fingerprint density at radius 1 is 1.35 bits per heavy atom. The molecule has 0 saturated carbocycles. The average Bonchev–Trinajstić information content (AvgIpc) is 3.27. The number of fused-ring (bicyclic) bond motifs is 3. The van der Waals surface area contributed by atoms with Crippen LogP contribution >= 0.6 is 0 Å². The number of alkyl halides is 3. The number of amides is 1. The van der Waals surface area contributed by atoms with Crippen LogP contribution in [0.15, 0.2) is 24.5 Å². The van der Waals surface area contributed by atoms with Gasteiger partial charge in [-0.25, -0.2) is 4.98 Å². The van der Waals surface area contributed by atoms with Crippen molar-refractivity contribution in [3.8, 4) is 0 Å². The third-order valence-electron chi connectivity index (χ3n) is 4.48. The van der Waals surface area contributed by atoms with Crippen molar-refractivity contribution in [1.29, 1.82) is 0 Å². The number of carbonyl (C=O) groups excluding carboxylic acids is 1. The molecule has 0 bridgehead atoms.